The molecule has 0 saturated carbocycles. The first-order valence-electron chi connectivity index (χ1n) is 6.76. The van der Waals surface area contributed by atoms with Crippen LogP contribution >= 0.6 is 0 Å². The standard InChI is InChI=1S/C13H28N2O3/c1-5-7-8-11(3)13(4,17)9-10-15(14)12(16)18-6-2/h11,17H,5-10,14H2,1-4H3. The van der Waals surface area contributed by atoms with Crippen molar-refractivity contribution in [3.63, 3.8) is 0 Å². The second-order valence-electron chi connectivity index (χ2n) is 5.04. The third-order valence-electron chi connectivity index (χ3n) is 3.41. The van der Waals surface area contributed by atoms with Gasteiger partial charge in [-0.2, -0.15) is 0 Å². The number of aliphatic hydroxyl groups is 1. The first-order valence-corrected chi connectivity index (χ1v) is 6.76. The molecular formula is C13H28N2O3. The second-order valence-corrected chi connectivity index (χ2v) is 5.04. The number of ether oxygens (including phenoxy) is 1. The lowest BCUT2D eigenvalue weighted by molar-refractivity contribution is -0.0133. The quantitative estimate of drug-likeness (QED) is 0.399. The summed E-state index contributed by atoms with van der Waals surface area (Å²) in [5.74, 6) is 5.75. The van der Waals surface area contributed by atoms with E-state index >= 15 is 0 Å². The molecule has 0 fully saturated rings. The van der Waals surface area contributed by atoms with Crippen LogP contribution in [0.15, 0.2) is 0 Å². The monoisotopic (exact) mass is 260 g/mol. The SMILES string of the molecule is CCCCC(C)C(C)(O)CCN(N)C(=O)OCC. The van der Waals surface area contributed by atoms with Crippen molar-refractivity contribution in [2.45, 2.75) is 59.0 Å². The molecule has 0 aliphatic rings. The number of rotatable bonds is 8. The molecule has 5 heteroatoms. The maximum Gasteiger partial charge on any atom is 0.424 e. The Kier molecular flexibility index (Phi) is 7.95. The third kappa shape index (κ3) is 6.21. The molecule has 0 bridgehead atoms. The van der Waals surface area contributed by atoms with Gasteiger partial charge in [0.05, 0.1) is 12.2 Å². The highest BCUT2D eigenvalue weighted by Crippen LogP contribution is 2.25. The molecule has 3 N–H and O–H groups in total. The Morgan fingerprint density at radius 2 is 2.11 bits per heavy atom. The lowest BCUT2D eigenvalue weighted by atomic mass is 9.84. The molecule has 0 aromatic heterocycles. The van der Waals surface area contributed by atoms with Crippen molar-refractivity contribution < 1.29 is 14.6 Å². The van der Waals surface area contributed by atoms with Crippen molar-refractivity contribution in [2.75, 3.05) is 13.2 Å². The van der Waals surface area contributed by atoms with Gasteiger partial charge in [-0.1, -0.05) is 26.7 Å². The maximum absolute atomic E-state index is 11.3. The van der Waals surface area contributed by atoms with Crippen LogP contribution in [0.2, 0.25) is 0 Å². The molecule has 0 aliphatic carbocycles. The summed E-state index contributed by atoms with van der Waals surface area (Å²) in [7, 11) is 0. The van der Waals surface area contributed by atoms with Crippen molar-refractivity contribution in [1.82, 2.24) is 5.01 Å². The summed E-state index contributed by atoms with van der Waals surface area (Å²) in [6, 6.07) is 0. The van der Waals surface area contributed by atoms with E-state index in [0.717, 1.165) is 24.3 Å². The molecule has 2 unspecified atom stereocenters. The molecule has 2 atom stereocenters. The second kappa shape index (κ2) is 8.32. The van der Waals surface area contributed by atoms with E-state index in [1.807, 2.05) is 6.92 Å². The van der Waals surface area contributed by atoms with E-state index < -0.39 is 11.7 Å². The Hall–Kier alpha value is -0.810. The van der Waals surface area contributed by atoms with Gasteiger partial charge >= 0.3 is 6.09 Å². The summed E-state index contributed by atoms with van der Waals surface area (Å²) >= 11 is 0. The van der Waals surface area contributed by atoms with Gasteiger partial charge in [0.25, 0.3) is 0 Å². The topological polar surface area (TPSA) is 75.8 Å². The highest BCUT2D eigenvalue weighted by atomic mass is 16.6. The van der Waals surface area contributed by atoms with Gasteiger partial charge in [-0.3, -0.25) is 0 Å². The largest absolute Gasteiger partial charge is 0.449 e. The average molecular weight is 260 g/mol. The lowest BCUT2D eigenvalue weighted by Gasteiger charge is -2.31. The molecule has 0 saturated heterocycles. The van der Waals surface area contributed by atoms with Gasteiger partial charge in [-0.15, -0.1) is 0 Å². The lowest BCUT2D eigenvalue weighted by Crippen LogP contribution is -2.43. The Labute approximate surface area is 110 Å². The van der Waals surface area contributed by atoms with Gasteiger partial charge in [-0.25, -0.2) is 15.6 Å². The minimum atomic E-state index is -0.806. The minimum Gasteiger partial charge on any atom is -0.449 e. The number of hydrogen-bond acceptors (Lipinski definition) is 4. The number of hydrazine groups is 1. The van der Waals surface area contributed by atoms with Gasteiger partial charge in [0.15, 0.2) is 0 Å². The van der Waals surface area contributed by atoms with Gasteiger partial charge in [-0.05, 0) is 32.6 Å². The van der Waals surface area contributed by atoms with Crippen LogP contribution in [0.1, 0.15) is 53.4 Å². The number of nitrogens with two attached hydrogens (primary N) is 1. The van der Waals surface area contributed by atoms with Crippen molar-refractivity contribution >= 4 is 6.09 Å². The van der Waals surface area contributed by atoms with Crippen LogP contribution in [0.5, 0.6) is 0 Å². The molecule has 0 aliphatic heterocycles. The van der Waals surface area contributed by atoms with Crippen LogP contribution in [0.3, 0.4) is 0 Å². The predicted octanol–water partition coefficient (Wildman–Crippen LogP) is 2.29. The minimum absolute atomic E-state index is 0.188. The Bertz CT molecular complexity index is 244. The first kappa shape index (κ1) is 17.2. The summed E-state index contributed by atoms with van der Waals surface area (Å²) < 4.78 is 4.77. The fourth-order valence-electron chi connectivity index (χ4n) is 1.71. The Morgan fingerprint density at radius 3 is 2.61 bits per heavy atom. The van der Waals surface area contributed by atoms with Gasteiger partial charge in [0.1, 0.15) is 0 Å². The Morgan fingerprint density at radius 1 is 1.50 bits per heavy atom. The van der Waals surface area contributed by atoms with Crippen LogP contribution in [0.4, 0.5) is 4.79 Å². The number of carbonyl (C=O) groups excluding carboxylic acids is 1. The molecule has 0 rings (SSSR count). The molecule has 0 spiro atoms. The van der Waals surface area contributed by atoms with E-state index in [9.17, 15) is 9.90 Å². The third-order valence-corrected chi connectivity index (χ3v) is 3.41. The van der Waals surface area contributed by atoms with Crippen LogP contribution < -0.4 is 5.84 Å². The summed E-state index contributed by atoms with van der Waals surface area (Å²) in [4.78, 5) is 11.3. The van der Waals surface area contributed by atoms with E-state index in [1.165, 1.54) is 0 Å². The molecule has 1 amide bonds. The van der Waals surface area contributed by atoms with Crippen LogP contribution in [-0.4, -0.2) is 35.0 Å². The first-order chi connectivity index (χ1) is 8.35. The number of hydrogen-bond donors (Lipinski definition) is 2. The molecule has 0 radical (unpaired) electrons. The molecule has 0 aromatic carbocycles. The van der Waals surface area contributed by atoms with Crippen molar-refractivity contribution in [2.24, 2.45) is 11.8 Å². The van der Waals surface area contributed by atoms with E-state index in [4.69, 9.17) is 10.6 Å². The van der Waals surface area contributed by atoms with Gasteiger partial charge in [0.2, 0.25) is 0 Å². The number of amides is 1. The summed E-state index contributed by atoms with van der Waals surface area (Å²) in [5, 5.41) is 11.4. The predicted molar refractivity (Wildman–Crippen MR) is 71.8 cm³/mol. The fraction of sp³-hybridized carbons (Fsp3) is 0.923. The molecule has 18 heavy (non-hydrogen) atoms. The highest BCUT2D eigenvalue weighted by Gasteiger charge is 2.28. The van der Waals surface area contributed by atoms with Crippen LogP contribution in [0.25, 0.3) is 0 Å². The van der Waals surface area contributed by atoms with E-state index in [1.54, 1.807) is 13.8 Å². The Balaban J connectivity index is 4.12. The molecule has 5 nitrogen and oxygen atoms in total. The number of nitrogens with zero attached hydrogens (tertiary/aromatic N) is 1. The van der Waals surface area contributed by atoms with Crippen molar-refractivity contribution in [1.29, 1.82) is 0 Å². The molecule has 0 aromatic rings. The van der Waals surface area contributed by atoms with E-state index in [-0.39, 0.29) is 5.92 Å². The van der Waals surface area contributed by atoms with E-state index in [2.05, 4.69) is 6.92 Å². The van der Waals surface area contributed by atoms with E-state index in [0.29, 0.717) is 19.6 Å². The number of unbranched alkanes of at least 4 members (excludes halogenated alkanes) is 1. The highest BCUT2D eigenvalue weighted by molar-refractivity contribution is 5.66. The summed E-state index contributed by atoms with van der Waals surface area (Å²) in [6.07, 6.45) is 3.10. The van der Waals surface area contributed by atoms with Crippen LogP contribution in [-0.2, 0) is 4.74 Å². The number of carbonyl (C=O) groups is 1. The molecule has 108 valence electrons. The zero-order valence-electron chi connectivity index (χ0n) is 12.1. The fourth-order valence-corrected chi connectivity index (χ4v) is 1.71. The summed E-state index contributed by atoms with van der Waals surface area (Å²) in [6.45, 7) is 8.28. The summed E-state index contributed by atoms with van der Waals surface area (Å²) in [5.41, 5.74) is -0.806. The van der Waals surface area contributed by atoms with Gasteiger partial charge in [0, 0.05) is 6.54 Å². The van der Waals surface area contributed by atoms with Crippen molar-refractivity contribution in [3.05, 3.63) is 0 Å². The zero-order chi connectivity index (χ0) is 14.2. The van der Waals surface area contributed by atoms with Crippen LogP contribution in [0, 0.1) is 5.92 Å². The zero-order valence-corrected chi connectivity index (χ0v) is 12.1. The smallest absolute Gasteiger partial charge is 0.424 e. The van der Waals surface area contributed by atoms with Crippen molar-refractivity contribution in [3.8, 4) is 0 Å². The molecular weight excluding hydrogens is 232 g/mol. The molecule has 0 heterocycles. The maximum atomic E-state index is 11.3. The van der Waals surface area contributed by atoms with Gasteiger partial charge < -0.3 is 9.84 Å². The normalized spacial score (nSPS) is 15.9. The average Bonchev–Trinajstić information content (AvgIpc) is 2.33.